The van der Waals surface area contributed by atoms with E-state index in [1.54, 1.807) is 26.4 Å². The molecule has 0 saturated carbocycles. The number of benzene rings is 2. The van der Waals surface area contributed by atoms with Gasteiger partial charge in [0, 0.05) is 19.0 Å². The quantitative estimate of drug-likeness (QED) is 0.762. The molecule has 0 aliphatic carbocycles. The zero-order valence-corrected chi connectivity index (χ0v) is 15.7. The summed E-state index contributed by atoms with van der Waals surface area (Å²) in [5, 5.41) is 0. The molecule has 1 aliphatic heterocycles. The Morgan fingerprint density at radius 3 is 2.46 bits per heavy atom. The van der Waals surface area contributed by atoms with Gasteiger partial charge in [0.2, 0.25) is 5.78 Å². The van der Waals surface area contributed by atoms with Gasteiger partial charge in [0.1, 0.15) is 5.75 Å². The number of rotatable bonds is 7. The molecule has 26 heavy (non-hydrogen) atoms. The predicted octanol–water partition coefficient (Wildman–Crippen LogP) is 3.34. The predicted molar refractivity (Wildman–Crippen MR) is 100 cm³/mol. The van der Waals surface area contributed by atoms with Crippen molar-refractivity contribution in [2.24, 2.45) is 0 Å². The summed E-state index contributed by atoms with van der Waals surface area (Å²) < 4.78 is 16.5. The molecule has 3 rings (SSSR count). The summed E-state index contributed by atoms with van der Waals surface area (Å²) in [6.45, 7) is 4.01. The van der Waals surface area contributed by atoms with Crippen LogP contribution in [0.3, 0.4) is 0 Å². The van der Waals surface area contributed by atoms with Gasteiger partial charge in [-0.05, 0) is 30.8 Å². The minimum absolute atomic E-state index is 0.0166. The highest BCUT2D eigenvalue weighted by atomic mass is 16.5. The molecule has 5 nitrogen and oxygen atoms in total. The largest absolute Gasteiger partial charge is 0.493 e. The second-order valence-corrected chi connectivity index (χ2v) is 6.53. The van der Waals surface area contributed by atoms with Crippen molar-refractivity contribution < 1.29 is 19.0 Å². The van der Waals surface area contributed by atoms with Gasteiger partial charge in [-0.1, -0.05) is 31.2 Å². The highest BCUT2D eigenvalue weighted by Crippen LogP contribution is 2.39. The first kappa shape index (κ1) is 18.3. The lowest BCUT2D eigenvalue weighted by atomic mass is 10.00. The highest BCUT2D eigenvalue weighted by Gasteiger charge is 2.34. The SMILES string of the molecule is CCN(C)Cc1cccc(CC2Oc3cc(OC)c(OC)cc3C2=O)c1. The molecule has 1 atom stereocenters. The Bertz CT molecular complexity index is 803. The van der Waals surface area contributed by atoms with Gasteiger partial charge in [0.25, 0.3) is 0 Å². The Balaban J connectivity index is 1.77. The van der Waals surface area contributed by atoms with E-state index in [1.807, 2.05) is 12.1 Å². The Labute approximate surface area is 154 Å². The van der Waals surface area contributed by atoms with Crippen molar-refractivity contribution in [1.82, 2.24) is 4.90 Å². The van der Waals surface area contributed by atoms with E-state index in [9.17, 15) is 4.79 Å². The molecule has 138 valence electrons. The van der Waals surface area contributed by atoms with Gasteiger partial charge in [-0.2, -0.15) is 0 Å². The third kappa shape index (κ3) is 3.68. The van der Waals surface area contributed by atoms with Gasteiger partial charge in [0.05, 0.1) is 19.8 Å². The number of carbonyl (C=O) groups excluding carboxylic acids is 1. The Hall–Kier alpha value is -2.53. The van der Waals surface area contributed by atoms with Crippen LogP contribution in [-0.4, -0.2) is 44.6 Å². The molecule has 0 spiro atoms. The molecule has 5 heteroatoms. The number of Topliss-reactive ketones (excluding diaryl/α,β-unsaturated/α-hetero) is 1. The molecule has 0 amide bonds. The molecule has 2 aromatic carbocycles. The van der Waals surface area contributed by atoms with Crippen LogP contribution in [0.2, 0.25) is 0 Å². The zero-order valence-electron chi connectivity index (χ0n) is 15.7. The van der Waals surface area contributed by atoms with Gasteiger partial charge in [-0.15, -0.1) is 0 Å². The van der Waals surface area contributed by atoms with Crippen LogP contribution in [0.1, 0.15) is 28.4 Å². The van der Waals surface area contributed by atoms with E-state index in [0.29, 0.717) is 29.2 Å². The van der Waals surface area contributed by atoms with Crippen LogP contribution < -0.4 is 14.2 Å². The molecule has 1 aliphatic rings. The van der Waals surface area contributed by atoms with E-state index in [1.165, 1.54) is 5.56 Å². The van der Waals surface area contributed by atoms with Crippen LogP contribution in [-0.2, 0) is 13.0 Å². The monoisotopic (exact) mass is 355 g/mol. The minimum atomic E-state index is -0.513. The van der Waals surface area contributed by atoms with E-state index in [-0.39, 0.29) is 5.78 Å². The first-order chi connectivity index (χ1) is 12.5. The summed E-state index contributed by atoms with van der Waals surface area (Å²) in [4.78, 5) is 15.0. The van der Waals surface area contributed by atoms with Crippen molar-refractivity contribution in [2.75, 3.05) is 27.8 Å². The minimum Gasteiger partial charge on any atom is -0.493 e. The number of ketones is 1. The molecule has 2 aromatic rings. The van der Waals surface area contributed by atoms with E-state index in [0.717, 1.165) is 18.7 Å². The number of fused-ring (bicyclic) bond motifs is 1. The van der Waals surface area contributed by atoms with Crippen LogP contribution in [0, 0.1) is 0 Å². The van der Waals surface area contributed by atoms with Gasteiger partial charge < -0.3 is 19.1 Å². The van der Waals surface area contributed by atoms with Crippen LogP contribution >= 0.6 is 0 Å². The summed E-state index contributed by atoms with van der Waals surface area (Å²) in [6, 6.07) is 11.7. The van der Waals surface area contributed by atoms with Crippen LogP contribution in [0.4, 0.5) is 0 Å². The first-order valence-electron chi connectivity index (χ1n) is 8.79. The third-order valence-electron chi connectivity index (χ3n) is 4.72. The second kappa shape index (κ2) is 7.79. The second-order valence-electron chi connectivity index (χ2n) is 6.53. The Morgan fingerprint density at radius 2 is 1.77 bits per heavy atom. The van der Waals surface area contributed by atoms with Gasteiger partial charge in [-0.3, -0.25) is 4.79 Å². The van der Waals surface area contributed by atoms with Gasteiger partial charge >= 0.3 is 0 Å². The van der Waals surface area contributed by atoms with Crippen molar-refractivity contribution >= 4 is 5.78 Å². The average Bonchev–Trinajstić information content (AvgIpc) is 2.95. The Kier molecular flexibility index (Phi) is 5.47. The van der Waals surface area contributed by atoms with E-state index < -0.39 is 6.10 Å². The normalized spacial score (nSPS) is 15.7. The zero-order chi connectivity index (χ0) is 18.7. The smallest absolute Gasteiger partial charge is 0.207 e. The molecule has 0 radical (unpaired) electrons. The molecule has 1 unspecified atom stereocenters. The average molecular weight is 355 g/mol. The Morgan fingerprint density at radius 1 is 1.08 bits per heavy atom. The number of hydrogen-bond acceptors (Lipinski definition) is 5. The molecule has 0 aromatic heterocycles. The van der Waals surface area contributed by atoms with Crippen LogP contribution in [0.5, 0.6) is 17.2 Å². The molecule has 0 bridgehead atoms. The lowest BCUT2D eigenvalue weighted by Gasteiger charge is -2.15. The van der Waals surface area contributed by atoms with Crippen molar-refractivity contribution in [1.29, 1.82) is 0 Å². The van der Waals surface area contributed by atoms with Crippen LogP contribution in [0.15, 0.2) is 36.4 Å². The van der Waals surface area contributed by atoms with Crippen molar-refractivity contribution in [3.63, 3.8) is 0 Å². The highest BCUT2D eigenvalue weighted by molar-refractivity contribution is 6.05. The van der Waals surface area contributed by atoms with Crippen LogP contribution in [0.25, 0.3) is 0 Å². The first-order valence-corrected chi connectivity index (χ1v) is 8.79. The summed E-state index contributed by atoms with van der Waals surface area (Å²) >= 11 is 0. The maximum Gasteiger partial charge on any atom is 0.207 e. The maximum atomic E-state index is 12.7. The maximum absolute atomic E-state index is 12.7. The topological polar surface area (TPSA) is 48.0 Å². The number of nitrogens with zero attached hydrogens (tertiary/aromatic N) is 1. The lowest BCUT2D eigenvalue weighted by Crippen LogP contribution is -2.23. The molecule has 0 fully saturated rings. The molecule has 0 N–H and O–H groups in total. The van der Waals surface area contributed by atoms with Crippen molar-refractivity contribution in [3.8, 4) is 17.2 Å². The molecular formula is C21H25NO4. The fourth-order valence-electron chi connectivity index (χ4n) is 3.16. The van der Waals surface area contributed by atoms with Crippen molar-refractivity contribution in [2.45, 2.75) is 26.0 Å². The summed E-state index contributed by atoms with van der Waals surface area (Å²) in [6.07, 6.45) is 0.0305. The number of methoxy groups -OCH3 is 2. The fourth-order valence-corrected chi connectivity index (χ4v) is 3.16. The lowest BCUT2D eigenvalue weighted by molar-refractivity contribution is 0.0857. The number of ether oxygens (including phenoxy) is 3. The van der Waals surface area contributed by atoms with E-state index >= 15 is 0 Å². The van der Waals surface area contributed by atoms with Crippen molar-refractivity contribution in [3.05, 3.63) is 53.1 Å². The van der Waals surface area contributed by atoms with Gasteiger partial charge in [-0.25, -0.2) is 0 Å². The third-order valence-corrected chi connectivity index (χ3v) is 4.72. The standard InChI is InChI=1S/C21H25NO4/c1-5-22(2)13-15-8-6-7-14(9-15)10-20-21(23)16-11-18(24-3)19(25-4)12-17(16)26-20/h6-9,11-12,20H,5,10,13H2,1-4H3. The van der Waals surface area contributed by atoms with Gasteiger partial charge in [0.15, 0.2) is 17.6 Å². The van der Waals surface area contributed by atoms with E-state index in [2.05, 4.69) is 31.0 Å². The summed E-state index contributed by atoms with van der Waals surface area (Å²) in [7, 11) is 5.21. The van der Waals surface area contributed by atoms with E-state index in [4.69, 9.17) is 14.2 Å². The fraction of sp³-hybridized carbons (Fsp3) is 0.381. The summed E-state index contributed by atoms with van der Waals surface area (Å²) in [5.41, 5.74) is 2.88. The molecule has 0 saturated heterocycles. The number of carbonyl (C=O) groups is 1. The number of hydrogen-bond donors (Lipinski definition) is 0. The molecule has 1 heterocycles. The molecular weight excluding hydrogens is 330 g/mol. The summed E-state index contributed by atoms with van der Waals surface area (Å²) in [5.74, 6) is 1.63.